The first-order chi connectivity index (χ1) is 6.57. The Kier molecular flexibility index (Phi) is 3.13. The van der Waals surface area contributed by atoms with E-state index in [1.165, 1.54) is 4.90 Å². The van der Waals surface area contributed by atoms with Gasteiger partial charge in [0.25, 0.3) is 0 Å². The van der Waals surface area contributed by atoms with Crippen molar-refractivity contribution >= 4 is 11.8 Å². The van der Waals surface area contributed by atoms with Gasteiger partial charge in [-0.2, -0.15) is 0 Å². The van der Waals surface area contributed by atoms with Crippen LogP contribution < -0.4 is 0 Å². The molecule has 14 heavy (non-hydrogen) atoms. The molecule has 1 rings (SSSR count). The van der Waals surface area contributed by atoms with Crippen LogP contribution in [0.3, 0.4) is 0 Å². The number of carbonyl (C=O) groups excluding carboxylic acids is 2. The average Bonchev–Trinajstić information content (AvgIpc) is 2.13. The molecule has 0 aliphatic carbocycles. The van der Waals surface area contributed by atoms with E-state index in [0.717, 1.165) is 0 Å². The van der Waals surface area contributed by atoms with Crippen LogP contribution in [0.4, 0.5) is 0 Å². The lowest BCUT2D eigenvalue weighted by Crippen LogP contribution is -2.56. The fraction of sp³-hybridized carbons (Fsp3) is 0.600. The number of hydrogen-bond donors (Lipinski definition) is 0. The minimum absolute atomic E-state index is 0.0689. The van der Waals surface area contributed by atoms with Gasteiger partial charge < -0.3 is 9.80 Å². The highest BCUT2D eigenvalue weighted by Crippen LogP contribution is 2.07. The molecule has 0 N–H and O–H groups in total. The molecule has 1 aliphatic heterocycles. The lowest BCUT2D eigenvalue weighted by Gasteiger charge is -2.35. The predicted octanol–water partition coefficient (Wildman–Crippen LogP) is -0.301. The van der Waals surface area contributed by atoms with E-state index in [9.17, 15) is 9.59 Å². The van der Waals surface area contributed by atoms with E-state index >= 15 is 0 Å². The van der Waals surface area contributed by atoms with Gasteiger partial charge >= 0.3 is 11.8 Å². The molecule has 4 nitrogen and oxygen atoms in total. The van der Waals surface area contributed by atoms with E-state index in [4.69, 9.17) is 6.42 Å². The molecule has 0 bridgehead atoms. The van der Waals surface area contributed by atoms with Crippen LogP contribution in [0.15, 0.2) is 0 Å². The average molecular weight is 194 g/mol. The number of nitrogens with zero attached hydrogens (tertiary/aromatic N) is 2. The summed E-state index contributed by atoms with van der Waals surface area (Å²) in [6.07, 6.45) is 5.09. The molecule has 0 radical (unpaired) electrons. The summed E-state index contributed by atoms with van der Waals surface area (Å²) in [5, 5.41) is 0. The Bertz CT molecular complexity index is 291. The molecule has 0 saturated carbocycles. The van der Waals surface area contributed by atoms with Gasteiger partial charge in [0.15, 0.2) is 0 Å². The summed E-state index contributed by atoms with van der Waals surface area (Å²) >= 11 is 0. The molecule has 1 fully saturated rings. The van der Waals surface area contributed by atoms with E-state index in [1.807, 2.05) is 13.8 Å². The Balaban J connectivity index is 2.71. The summed E-state index contributed by atoms with van der Waals surface area (Å²) in [5.74, 6) is 1.44. The van der Waals surface area contributed by atoms with Crippen LogP contribution in [0.1, 0.15) is 13.8 Å². The van der Waals surface area contributed by atoms with Gasteiger partial charge in [0.1, 0.15) is 0 Å². The van der Waals surface area contributed by atoms with Gasteiger partial charge in [0.2, 0.25) is 0 Å². The van der Waals surface area contributed by atoms with Crippen molar-refractivity contribution in [3.05, 3.63) is 0 Å². The molecule has 0 aromatic carbocycles. The smallest absolute Gasteiger partial charge is 0.312 e. The fourth-order valence-electron chi connectivity index (χ4n) is 1.44. The van der Waals surface area contributed by atoms with Crippen molar-refractivity contribution < 1.29 is 9.59 Å². The molecule has 0 atom stereocenters. The first kappa shape index (κ1) is 10.6. The molecule has 76 valence electrons. The summed E-state index contributed by atoms with van der Waals surface area (Å²) in [6, 6.07) is 0.0689. The van der Waals surface area contributed by atoms with Crippen LogP contribution in [0.25, 0.3) is 0 Å². The second-order valence-corrected chi connectivity index (χ2v) is 3.52. The van der Waals surface area contributed by atoms with Gasteiger partial charge in [0.05, 0.1) is 6.54 Å². The summed E-state index contributed by atoms with van der Waals surface area (Å²) in [7, 11) is 0. The normalized spacial score (nSPS) is 17.6. The van der Waals surface area contributed by atoms with Crippen LogP contribution in [-0.4, -0.2) is 47.3 Å². The van der Waals surface area contributed by atoms with Crippen molar-refractivity contribution in [2.24, 2.45) is 0 Å². The van der Waals surface area contributed by atoms with Crippen LogP contribution in [0.5, 0.6) is 0 Å². The third-order valence-electron chi connectivity index (χ3n) is 2.25. The lowest BCUT2D eigenvalue weighted by molar-refractivity contribution is -0.156. The number of terminal acetylenes is 1. The standard InChI is InChI=1S/C10H14N2O2/c1-4-5-11-6-7-12(8(2)3)10(14)9(11)13/h1,8H,5-7H2,2-3H3. The molecule has 0 aromatic rings. The van der Waals surface area contributed by atoms with Crippen molar-refractivity contribution in [1.82, 2.24) is 9.80 Å². The molecular weight excluding hydrogens is 180 g/mol. The maximum Gasteiger partial charge on any atom is 0.312 e. The molecule has 4 heteroatoms. The van der Waals surface area contributed by atoms with Gasteiger partial charge in [-0.1, -0.05) is 5.92 Å². The zero-order chi connectivity index (χ0) is 10.7. The highest BCUT2D eigenvalue weighted by atomic mass is 16.2. The maximum absolute atomic E-state index is 11.5. The maximum atomic E-state index is 11.5. The Morgan fingerprint density at radius 3 is 2.50 bits per heavy atom. The third kappa shape index (κ3) is 1.87. The number of rotatable bonds is 2. The molecule has 1 saturated heterocycles. The quantitative estimate of drug-likeness (QED) is 0.447. The number of hydrogen-bond acceptors (Lipinski definition) is 2. The van der Waals surface area contributed by atoms with E-state index in [-0.39, 0.29) is 12.6 Å². The van der Waals surface area contributed by atoms with Crippen LogP contribution in [-0.2, 0) is 9.59 Å². The van der Waals surface area contributed by atoms with Gasteiger partial charge in [-0.15, -0.1) is 6.42 Å². The van der Waals surface area contributed by atoms with Gasteiger partial charge in [-0.25, -0.2) is 0 Å². The minimum atomic E-state index is -0.483. The Morgan fingerprint density at radius 1 is 1.36 bits per heavy atom. The molecule has 0 unspecified atom stereocenters. The molecule has 2 amide bonds. The van der Waals surface area contributed by atoms with Crippen molar-refractivity contribution in [2.75, 3.05) is 19.6 Å². The minimum Gasteiger partial charge on any atom is -0.330 e. The number of amides is 2. The Morgan fingerprint density at radius 2 is 2.00 bits per heavy atom. The SMILES string of the molecule is C#CCN1CCN(C(C)C)C(=O)C1=O. The van der Waals surface area contributed by atoms with Crippen molar-refractivity contribution in [3.63, 3.8) is 0 Å². The zero-order valence-corrected chi connectivity index (χ0v) is 8.49. The van der Waals surface area contributed by atoms with Gasteiger partial charge in [-0.05, 0) is 13.8 Å². The van der Waals surface area contributed by atoms with E-state index < -0.39 is 11.8 Å². The van der Waals surface area contributed by atoms with Gasteiger partial charge in [-0.3, -0.25) is 9.59 Å². The second-order valence-electron chi connectivity index (χ2n) is 3.52. The van der Waals surface area contributed by atoms with E-state index in [1.54, 1.807) is 4.90 Å². The molecular formula is C10H14N2O2. The fourth-order valence-corrected chi connectivity index (χ4v) is 1.44. The molecule has 0 spiro atoms. The zero-order valence-electron chi connectivity index (χ0n) is 8.49. The summed E-state index contributed by atoms with van der Waals surface area (Å²) in [6.45, 7) is 5.11. The highest BCUT2D eigenvalue weighted by molar-refractivity contribution is 6.35. The van der Waals surface area contributed by atoms with Crippen molar-refractivity contribution in [3.8, 4) is 12.3 Å². The first-order valence-corrected chi connectivity index (χ1v) is 4.61. The largest absolute Gasteiger partial charge is 0.330 e. The second kappa shape index (κ2) is 4.14. The van der Waals surface area contributed by atoms with Crippen LogP contribution in [0.2, 0.25) is 0 Å². The highest BCUT2D eigenvalue weighted by Gasteiger charge is 2.32. The summed E-state index contributed by atoms with van der Waals surface area (Å²) < 4.78 is 0. The van der Waals surface area contributed by atoms with Crippen molar-refractivity contribution in [1.29, 1.82) is 0 Å². The lowest BCUT2D eigenvalue weighted by atomic mass is 10.2. The Labute approximate surface area is 83.9 Å². The van der Waals surface area contributed by atoms with Crippen LogP contribution in [0, 0.1) is 12.3 Å². The summed E-state index contributed by atoms with van der Waals surface area (Å²) in [4.78, 5) is 26.0. The first-order valence-electron chi connectivity index (χ1n) is 4.61. The van der Waals surface area contributed by atoms with Crippen LogP contribution >= 0.6 is 0 Å². The number of carbonyl (C=O) groups is 2. The molecule has 0 aromatic heterocycles. The van der Waals surface area contributed by atoms with E-state index in [2.05, 4.69) is 5.92 Å². The topological polar surface area (TPSA) is 40.6 Å². The molecule has 1 heterocycles. The van der Waals surface area contributed by atoms with E-state index in [0.29, 0.717) is 13.1 Å². The third-order valence-corrected chi connectivity index (χ3v) is 2.25. The van der Waals surface area contributed by atoms with Crippen molar-refractivity contribution in [2.45, 2.75) is 19.9 Å². The summed E-state index contributed by atoms with van der Waals surface area (Å²) in [5.41, 5.74) is 0. The monoisotopic (exact) mass is 194 g/mol. The number of piperazine rings is 1. The Hall–Kier alpha value is -1.50. The predicted molar refractivity (Wildman–Crippen MR) is 52.3 cm³/mol. The van der Waals surface area contributed by atoms with Gasteiger partial charge in [0, 0.05) is 19.1 Å². The molecule has 1 aliphatic rings.